The summed E-state index contributed by atoms with van der Waals surface area (Å²) in [5, 5.41) is 5.12. The molecular weight excluding hydrogens is 522 g/mol. The molecule has 1 N–H and O–H groups in total. The van der Waals surface area contributed by atoms with Gasteiger partial charge in [0, 0.05) is 55.9 Å². The van der Waals surface area contributed by atoms with Crippen molar-refractivity contribution in [1.82, 2.24) is 23.8 Å². The Labute approximate surface area is 234 Å². The number of nitrogens with zero attached hydrogens (tertiary/aromatic N) is 6. The normalized spacial score (nSPS) is 17.2. The summed E-state index contributed by atoms with van der Waals surface area (Å²) in [6.07, 6.45) is 5.21. The van der Waals surface area contributed by atoms with Crippen LogP contribution in [0.5, 0.6) is 0 Å². The highest BCUT2D eigenvalue weighted by Crippen LogP contribution is 2.33. The smallest absolute Gasteiger partial charge is 0.243 e. The molecule has 0 bridgehead atoms. The molecule has 9 nitrogen and oxygen atoms in total. The van der Waals surface area contributed by atoms with Gasteiger partial charge in [-0.3, -0.25) is 4.57 Å². The molecule has 5 aromatic rings. The van der Waals surface area contributed by atoms with E-state index in [1.807, 2.05) is 84.2 Å². The molecule has 2 aromatic heterocycles. The first-order valence-corrected chi connectivity index (χ1v) is 15.0. The lowest BCUT2D eigenvalue weighted by Gasteiger charge is -2.35. The van der Waals surface area contributed by atoms with Crippen LogP contribution >= 0.6 is 0 Å². The highest BCUT2D eigenvalue weighted by molar-refractivity contribution is 7.89. The van der Waals surface area contributed by atoms with E-state index in [1.54, 1.807) is 22.9 Å². The van der Waals surface area contributed by atoms with Gasteiger partial charge in [-0.05, 0) is 56.0 Å². The van der Waals surface area contributed by atoms with Crippen molar-refractivity contribution in [3.8, 4) is 5.82 Å². The summed E-state index contributed by atoms with van der Waals surface area (Å²) in [6, 6.07) is 21.1. The Hall–Kier alpha value is -4.02. The second kappa shape index (κ2) is 10.5. The Morgan fingerprint density at radius 1 is 0.975 bits per heavy atom. The van der Waals surface area contributed by atoms with Crippen LogP contribution in [0.1, 0.15) is 19.8 Å². The van der Waals surface area contributed by atoms with Crippen LogP contribution in [-0.2, 0) is 10.0 Å². The Balaban J connectivity index is 1.22. The zero-order chi connectivity index (χ0) is 27.9. The Bertz CT molecular complexity index is 1780. The number of aromatic nitrogens is 4. The van der Waals surface area contributed by atoms with Crippen LogP contribution in [0.4, 0.5) is 11.6 Å². The fourth-order valence-electron chi connectivity index (χ4n) is 5.64. The number of hydrogen-bond donors (Lipinski definition) is 1. The number of benzene rings is 3. The minimum Gasteiger partial charge on any atom is -0.377 e. The van der Waals surface area contributed by atoms with Crippen molar-refractivity contribution in [3.05, 3.63) is 79.3 Å². The highest BCUT2D eigenvalue weighted by Gasteiger charge is 2.33. The topological polar surface area (TPSA) is 96.2 Å². The third-order valence-corrected chi connectivity index (χ3v) is 9.71. The highest BCUT2D eigenvalue weighted by atomic mass is 32.2. The first kappa shape index (κ1) is 26.2. The fourth-order valence-corrected chi connectivity index (χ4v) is 7.38. The molecule has 1 aliphatic heterocycles. The van der Waals surface area contributed by atoms with Gasteiger partial charge in [-0.25, -0.2) is 18.4 Å². The minimum atomic E-state index is -3.68. The van der Waals surface area contributed by atoms with E-state index in [9.17, 15) is 8.42 Å². The van der Waals surface area contributed by atoms with Crippen molar-refractivity contribution in [2.24, 2.45) is 5.92 Å². The monoisotopic (exact) mass is 555 g/mol. The SMILES string of the molecule is CC(Nc1nccc(-n2cnc3ccccc32)n1)C1CCCN(S(=O)(=O)c2cccc3c(N(C)C)cccc23)C1. The van der Waals surface area contributed by atoms with Crippen LogP contribution in [0, 0.1) is 5.92 Å². The Kier molecular flexibility index (Phi) is 6.89. The van der Waals surface area contributed by atoms with Crippen molar-refractivity contribution in [1.29, 1.82) is 0 Å². The van der Waals surface area contributed by atoms with E-state index >= 15 is 0 Å². The molecule has 0 radical (unpaired) electrons. The predicted octanol–water partition coefficient (Wildman–Crippen LogP) is 4.94. The number of imidazole rings is 1. The van der Waals surface area contributed by atoms with Gasteiger partial charge in [0.15, 0.2) is 0 Å². The second-order valence-corrected chi connectivity index (χ2v) is 12.5. The first-order valence-electron chi connectivity index (χ1n) is 13.5. The van der Waals surface area contributed by atoms with Gasteiger partial charge < -0.3 is 10.2 Å². The number of sulfonamides is 1. The van der Waals surface area contributed by atoms with Gasteiger partial charge in [0.1, 0.15) is 12.1 Å². The molecule has 1 saturated heterocycles. The number of hydrogen-bond acceptors (Lipinski definition) is 7. The number of nitrogens with one attached hydrogen (secondary N) is 1. The third-order valence-electron chi connectivity index (χ3n) is 7.78. The number of para-hydroxylation sites is 2. The van der Waals surface area contributed by atoms with Crippen molar-refractivity contribution in [3.63, 3.8) is 0 Å². The predicted molar refractivity (Wildman–Crippen MR) is 160 cm³/mol. The maximum atomic E-state index is 14.0. The Morgan fingerprint density at radius 2 is 1.77 bits per heavy atom. The van der Waals surface area contributed by atoms with Gasteiger partial charge in [0.25, 0.3) is 0 Å². The van der Waals surface area contributed by atoms with Crippen LogP contribution in [-0.4, -0.2) is 65.5 Å². The molecule has 0 amide bonds. The lowest BCUT2D eigenvalue weighted by atomic mass is 9.93. The summed E-state index contributed by atoms with van der Waals surface area (Å²) < 4.78 is 31.5. The van der Waals surface area contributed by atoms with Crippen LogP contribution in [0.15, 0.2) is 84.1 Å². The summed E-state index contributed by atoms with van der Waals surface area (Å²) in [5.74, 6) is 1.34. The number of piperidine rings is 1. The fraction of sp³-hybridized carbons (Fsp3) is 0.300. The van der Waals surface area contributed by atoms with Gasteiger partial charge in [0.05, 0.1) is 15.9 Å². The van der Waals surface area contributed by atoms with Gasteiger partial charge >= 0.3 is 0 Å². The number of fused-ring (bicyclic) bond motifs is 2. The molecular formula is C30H33N7O2S. The molecule has 0 spiro atoms. The lowest BCUT2D eigenvalue weighted by Crippen LogP contribution is -2.44. The summed E-state index contributed by atoms with van der Waals surface area (Å²) in [5.41, 5.74) is 2.87. The molecule has 1 fully saturated rings. The molecule has 6 rings (SSSR count). The van der Waals surface area contributed by atoms with E-state index < -0.39 is 10.0 Å². The second-order valence-electron chi connectivity index (χ2n) is 10.6. The van der Waals surface area contributed by atoms with Crippen LogP contribution in [0.3, 0.4) is 0 Å². The van der Waals surface area contributed by atoms with E-state index in [-0.39, 0.29) is 12.0 Å². The summed E-state index contributed by atoms with van der Waals surface area (Å²) in [7, 11) is 0.256. The largest absolute Gasteiger partial charge is 0.377 e. The quantitative estimate of drug-likeness (QED) is 0.304. The molecule has 0 aliphatic carbocycles. The lowest BCUT2D eigenvalue weighted by molar-refractivity contribution is 0.249. The minimum absolute atomic E-state index is 0.0272. The molecule has 2 unspecified atom stereocenters. The maximum Gasteiger partial charge on any atom is 0.243 e. The summed E-state index contributed by atoms with van der Waals surface area (Å²) in [4.78, 5) is 16.0. The summed E-state index contributed by atoms with van der Waals surface area (Å²) >= 11 is 0. The molecule has 206 valence electrons. The van der Waals surface area contributed by atoms with E-state index in [0.29, 0.717) is 23.9 Å². The summed E-state index contributed by atoms with van der Waals surface area (Å²) in [6.45, 7) is 3.02. The average Bonchev–Trinajstić information content (AvgIpc) is 3.41. The van der Waals surface area contributed by atoms with Gasteiger partial charge in [-0.15, -0.1) is 0 Å². The van der Waals surface area contributed by atoms with E-state index in [4.69, 9.17) is 4.98 Å². The van der Waals surface area contributed by atoms with Crippen LogP contribution < -0.4 is 10.2 Å². The van der Waals surface area contributed by atoms with E-state index in [0.717, 1.165) is 46.2 Å². The zero-order valence-corrected chi connectivity index (χ0v) is 23.7. The first-order chi connectivity index (χ1) is 19.3. The van der Waals surface area contributed by atoms with E-state index in [2.05, 4.69) is 22.2 Å². The van der Waals surface area contributed by atoms with Crippen LogP contribution in [0.25, 0.3) is 27.6 Å². The third kappa shape index (κ3) is 4.77. The van der Waals surface area contributed by atoms with Crippen molar-refractivity contribution in [2.45, 2.75) is 30.7 Å². The van der Waals surface area contributed by atoms with E-state index in [1.165, 1.54) is 0 Å². The number of rotatable bonds is 7. The number of anilines is 2. The van der Waals surface area contributed by atoms with Crippen LogP contribution in [0.2, 0.25) is 0 Å². The molecule has 3 aromatic carbocycles. The van der Waals surface area contributed by atoms with Crippen molar-refractivity contribution >= 4 is 43.5 Å². The Morgan fingerprint density at radius 3 is 2.62 bits per heavy atom. The average molecular weight is 556 g/mol. The molecule has 40 heavy (non-hydrogen) atoms. The van der Waals surface area contributed by atoms with Crippen molar-refractivity contribution < 1.29 is 8.42 Å². The van der Waals surface area contributed by atoms with Gasteiger partial charge in [-0.1, -0.05) is 36.4 Å². The van der Waals surface area contributed by atoms with Gasteiger partial charge in [-0.2, -0.15) is 9.29 Å². The zero-order valence-electron chi connectivity index (χ0n) is 22.9. The molecule has 3 heterocycles. The van der Waals surface area contributed by atoms with Gasteiger partial charge in [0.2, 0.25) is 16.0 Å². The molecule has 0 saturated carbocycles. The molecule has 10 heteroatoms. The van der Waals surface area contributed by atoms with Crippen molar-refractivity contribution in [2.75, 3.05) is 37.4 Å². The molecule has 2 atom stereocenters. The maximum absolute atomic E-state index is 14.0. The standard InChI is InChI=1S/C30H33N7O2S/c1-21(33-30-31-17-16-29(34-30)37-20-32-25-12-4-5-13-27(25)37)22-9-8-18-36(19-22)40(38,39)28-15-7-10-23-24(28)11-6-14-26(23)35(2)3/h4-7,10-17,20-22H,8-9,18-19H2,1-3H3,(H,31,33,34). The molecule has 1 aliphatic rings.